The van der Waals surface area contributed by atoms with Gasteiger partial charge in [-0.15, -0.1) is 0 Å². The fraction of sp³-hybridized carbons (Fsp3) is 0.364. The highest BCUT2D eigenvalue weighted by Gasteiger charge is 2.20. The Morgan fingerprint density at radius 2 is 1.83 bits per heavy atom. The standard InChI is InChI=1S/C22H25N3O3S/c26-22-20-12-5-4-11-19(20)21(24-25(22)18-9-2-1-3-10-18)17-8-6-7-16(15-17)13-14-23-29(27)28/h4-8,11-12,15,18,23H,1-3,9-10,13-14H2,(H,27,28). The molecule has 0 aliphatic heterocycles. The van der Waals surface area contributed by atoms with Gasteiger partial charge in [0.05, 0.1) is 17.1 Å². The second-order valence-corrected chi connectivity index (χ2v) is 8.32. The largest absolute Gasteiger partial charge is 0.294 e. The van der Waals surface area contributed by atoms with E-state index in [1.165, 1.54) is 6.42 Å². The van der Waals surface area contributed by atoms with Crippen LogP contribution in [0.3, 0.4) is 0 Å². The molecule has 1 aromatic heterocycles. The molecule has 29 heavy (non-hydrogen) atoms. The van der Waals surface area contributed by atoms with Crippen molar-refractivity contribution in [3.8, 4) is 11.3 Å². The van der Waals surface area contributed by atoms with Gasteiger partial charge in [0, 0.05) is 17.5 Å². The molecule has 2 N–H and O–H groups in total. The Hall–Kier alpha value is -2.35. The van der Waals surface area contributed by atoms with Crippen molar-refractivity contribution in [1.29, 1.82) is 0 Å². The van der Waals surface area contributed by atoms with Crippen molar-refractivity contribution in [2.45, 2.75) is 44.6 Å². The zero-order valence-corrected chi connectivity index (χ0v) is 17.0. The number of hydrogen-bond donors (Lipinski definition) is 2. The summed E-state index contributed by atoms with van der Waals surface area (Å²) < 4.78 is 23.9. The maximum Gasteiger partial charge on any atom is 0.274 e. The Morgan fingerprint density at radius 3 is 2.59 bits per heavy atom. The SMILES string of the molecule is O=c1c2ccccc2c(-c2cccc(CCNS(=O)O)c2)nn1C1CCCCC1. The van der Waals surface area contributed by atoms with Gasteiger partial charge < -0.3 is 0 Å². The first kappa shape index (κ1) is 19.9. The lowest BCUT2D eigenvalue weighted by Gasteiger charge is -2.24. The van der Waals surface area contributed by atoms with Crippen molar-refractivity contribution in [3.05, 3.63) is 64.4 Å². The van der Waals surface area contributed by atoms with Gasteiger partial charge in [-0.25, -0.2) is 13.6 Å². The highest BCUT2D eigenvalue weighted by molar-refractivity contribution is 7.77. The first-order chi connectivity index (χ1) is 14.1. The number of aromatic nitrogens is 2. The molecule has 1 unspecified atom stereocenters. The number of rotatable bonds is 6. The summed E-state index contributed by atoms with van der Waals surface area (Å²) in [4.78, 5) is 13.1. The highest BCUT2D eigenvalue weighted by Crippen LogP contribution is 2.30. The Bertz CT molecular complexity index is 1090. The average molecular weight is 412 g/mol. The summed E-state index contributed by atoms with van der Waals surface area (Å²) in [5.74, 6) is 0. The minimum atomic E-state index is -2.01. The Kier molecular flexibility index (Phi) is 6.18. The topological polar surface area (TPSA) is 84.2 Å². The summed E-state index contributed by atoms with van der Waals surface area (Å²) in [6.07, 6.45) is 6.11. The lowest BCUT2D eigenvalue weighted by molar-refractivity contribution is 0.321. The molecule has 0 radical (unpaired) electrons. The summed E-state index contributed by atoms with van der Waals surface area (Å²) >= 11 is -2.01. The fourth-order valence-corrected chi connectivity index (χ4v) is 4.43. The van der Waals surface area contributed by atoms with E-state index in [0.717, 1.165) is 47.9 Å². The predicted molar refractivity (Wildman–Crippen MR) is 116 cm³/mol. The Morgan fingerprint density at radius 1 is 1.07 bits per heavy atom. The van der Waals surface area contributed by atoms with E-state index in [1.54, 1.807) is 4.68 Å². The molecule has 2 aromatic carbocycles. The molecule has 0 spiro atoms. The van der Waals surface area contributed by atoms with Gasteiger partial charge in [-0.3, -0.25) is 9.35 Å². The van der Waals surface area contributed by atoms with E-state index in [0.29, 0.717) is 18.4 Å². The van der Waals surface area contributed by atoms with Crippen LogP contribution in [0.25, 0.3) is 22.0 Å². The zero-order chi connectivity index (χ0) is 20.2. The van der Waals surface area contributed by atoms with Gasteiger partial charge in [0.25, 0.3) is 5.56 Å². The smallest absolute Gasteiger partial charge is 0.274 e. The number of nitrogens with one attached hydrogen (secondary N) is 1. The first-order valence-electron chi connectivity index (χ1n) is 10.1. The van der Waals surface area contributed by atoms with Crippen molar-refractivity contribution >= 4 is 22.0 Å². The van der Waals surface area contributed by atoms with E-state index in [-0.39, 0.29) is 11.6 Å². The molecule has 1 saturated carbocycles. The molecule has 152 valence electrons. The van der Waals surface area contributed by atoms with Crippen LogP contribution in [0.2, 0.25) is 0 Å². The van der Waals surface area contributed by atoms with Crippen molar-refractivity contribution in [2.75, 3.05) is 6.54 Å². The second-order valence-electron chi connectivity index (χ2n) is 7.53. The summed E-state index contributed by atoms with van der Waals surface area (Å²) in [7, 11) is 0. The molecule has 1 fully saturated rings. The number of fused-ring (bicyclic) bond motifs is 1. The molecule has 1 atom stereocenters. The molecule has 7 heteroatoms. The van der Waals surface area contributed by atoms with Gasteiger partial charge in [0.1, 0.15) is 0 Å². The van der Waals surface area contributed by atoms with Gasteiger partial charge in [0.2, 0.25) is 11.3 Å². The molecule has 6 nitrogen and oxygen atoms in total. The molecule has 0 amide bonds. The number of benzene rings is 2. The van der Waals surface area contributed by atoms with Crippen molar-refractivity contribution < 1.29 is 8.76 Å². The molecular weight excluding hydrogens is 386 g/mol. The maximum absolute atomic E-state index is 13.1. The van der Waals surface area contributed by atoms with Gasteiger partial charge in [-0.2, -0.15) is 5.10 Å². The van der Waals surface area contributed by atoms with Crippen LogP contribution in [0.1, 0.15) is 43.7 Å². The summed E-state index contributed by atoms with van der Waals surface area (Å²) in [6, 6.07) is 15.8. The van der Waals surface area contributed by atoms with Gasteiger partial charge in [0.15, 0.2) is 0 Å². The number of nitrogens with zero attached hydrogens (tertiary/aromatic N) is 2. The summed E-state index contributed by atoms with van der Waals surface area (Å²) in [5.41, 5.74) is 2.79. The van der Waals surface area contributed by atoms with Crippen LogP contribution < -0.4 is 10.3 Å². The Labute approximate surface area is 172 Å². The highest BCUT2D eigenvalue weighted by atomic mass is 32.2. The van der Waals surface area contributed by atoms with Crippen molar-refractivity contribution in [2.24, 2.45) is 0 Å². The lowest BCUT2D eigenvalue weighted by atomic mass is 9.95. The number of hydrogen-bond acceptors (Lipinski definition) is 3. The lowest BCUT2D eigenvalue weighted by Crippen LogP contribution is -2.29. The fourth-order valence-electron chi connectivity index (χ4n) is 4.15. The van der Waals surface area contributed by atoms with Gasteiger partial charge >= 0.3 is 0 Å². The third-order valence-corrected chi connectivity index (χ3v) is 6.04. The van der Waals surface area contributed by atoms with E-state index in [4.69, 9.17) is 9.65 Å². The van der Waals surface area contributed by atoms with Crippen LogP contribution in [-0.4, -0.2) is 25.1 Å². The van der Waals surface area contributed by atoms with E-state index in [9.17, 15) is 9.00 Å². The molecule has 4 rings (SSSR count). The first-order valence-corrected chi connectivity index (χ1v) is 11.2. The maximum atomic E-state index is 13.1. The van der Waals surface area contributed by atoms with Crippen LogP contribution in [-0.2, 0) is 17.7 Å². The molecule has 3 aromatic rings. The molecule has 0 bridgehead atoms. The molecule has 1 aliphatic rings. The molecular formula is C22H25N3O3S. The molecule has 1 heterocycles. The summed E-state index contributed by atoms with van der Waals surface area (Å²) in [6.45, 7) is 0.405. The van der Waals surface area contributed by atoms with Crippen LogP contribution in [0.5, 0.6) is 0 Å². The van der Waals surface area contributed by atoms with Crippen molar-refractivity contribution in [3.63, 3.8) is 0 Å². The van der Waals surface area contributed by atoms with E-state index < -0.39 is 11.3 Å². The van der Waals surface area contributed by atoms with Gasteiger partial charge in [-0.05, 0) is 37.0 Å². The normalized spacial score (nSPS) is 16.2. The van der Waals surface area contributed by atoms with Gasteiger partial charge in [-0.1, -0.05) is 55.7 Å². The molecule has 1 aliphatic carbocycles. The van der Waals surface area contributed by atoms with Crippen LogP contribution in [0.15, 0.2) is 53.3 Å². The predicted octanol–water partition coefficient (Wildman–Crippen LogP) is 3.84. The Balaban J connectivity index is 1.78. The minimum absolute atomic E-state index is 0.0120. The third kappa shape index (κ3) is 4.47. The van der Waals surface area contributed by atoms with Crippen molar-refractivity contribution in [1.82, 2.24) is 14.5 Å². The van der Waals surface area contributed by atoms with Crippen LogP contribution in [0, 0.1) is 0 Å². The second kappa shape index (κ2) is 8.98. The van der Waals surface area contributed by atoms with E-state index in [2.05, 4.69) is 4.72 Å². The molecule has 0 saturated heterocycles. The van der Waals surface area contributed by atoms with Crippen LogP contribution in [0.4, 0.5) is 0 Å². The minimum Gasteiger partial charge on any atom is -0.294 e. The monoisotopic (exact) mass is 411 g/mol. The summed E-state index contributed by atoms with van der Waals surface area (Å²) in [5, 5.41) is 6.40. The van der Waals surface area contributed by atoms with E-state index in [1.807, 2.05) is 48.5 Å². The zero-order valence-electron chi connectivity index (χ0n) is 16.2. The van der Waals surface area contributed by atoms with E-state index >= 15 is 0 Å². The average Bonchev–Trinajstić information content (AvgIpc) is 2.75. The third-order valence-electron chi connectivity index (χ3n) is 5.59. The quantitative estimate of drug-likeness (QED) is 0.604. The van der Waals surface area contributed by atoms with Crippen LogP contribution >= 0.6 is 0 Å².